The third kappa shape index (κ3) is 3.69. The zero-order valence-electron chi connectivity index (χ0n) is 12.9. The monoisotopic (exact) mass is 369 g/mol. The summed E-state index contributed by atoms with van der Waals surface area (Å²) in [6.07, 6.45) is 0.914. The van der Waals surface area contributed by atoms with Crippen LogP contribution in [-0.2, 0) is 13.0 Å². The molecule has 0 fully saturated rings. The van der Waals surface area contributed by atoms with Crippen molar-refractivity contribution in [1.29, 1.82) is 0 Å². The predicted molar refractivity (Wildman–Crippen MR) is 95.8 cm³/mol. The second-order valence-corrected chi connectivity index (χ2v) is 7.71. The Balaban J connectivity index is 1.77. The molecule has 1 aliphatic rings. The number of nitrogens with zero attached hydrogens (tertiary/aromatic N) is 2. The van der Waals surface area contributed by atoms with Crippen LogP contribution in [0.5, 0.6) is 0 Å². The van der Waals surface area contributed by atoms with Gasteiger partial charge in [0, 0.05) is 35.5 Å². The SMILES string of the molecule is CC(C)N1CCc2nc(NC(=O)c3cc(Cl)ccc3Cl)sc2C1. The van der Waals surface area contributed by atoms with Crippen molar-refractivity contribution in [3.8, 4) is 0 Å². The first-order valence-corrected chi connectivity index (χ1v) is 9.00. The Hall–Kier alpha value is -1.14. The van der Waals surface area contributed by atoms with Crippen LogP contribution in [0.1, 0.15) is 34.8 Å². The van der Waals surface area contributed by atoms with Gasteiger partial charge in [-0.1, -0.05) is 23.2 Å². The Bertz CT molecular complexity index is 745. The maximum absolute atomic E-state index is 12.4. The molecule has 4 nitrogen and oxygen atoms in total. The summed E-state index contributed by atoms with van der Waals surface area (Å²) in [5, 5.41) is 4.30. The van der Waals surface area contributed by atoms with Crippen LogP contribution in [-0.4, -0.2) is 28.4 Å². The first-order chi connectivity index (χ1) is 10.9. The van der Waals surface area contributed by atoms with Gasteiger partial charge in [-0.25, -0.2) is 4.98 Å². The topological polar surface area (TPSA) is 45.2 Å². The molecule has 0 radical (unpaired) electrons. The molecular formula is C16H17Cl2N3OS. The number of aromatic nitrogens is 1. The van der Waals surface area contributed by atoms with Crippen LogP contribution in [0.15, 0.2) is 18.2 Å². The second-order valence-electron chi connectivity index (χ2n) is 5.78. The molecule has 0 saturated carbocycles. The minimum Gasteiger partial charge on any atom is -0.298 e. The van der Waals surface area contributed by atoms with Crippen molar-refractivity contribution in [1.82, 2.24) is 9.88 Å². The van der Waals surface area contributed by atoms with Crippen LogP contribution >= 0.6 is 34.5 Å². The predicted octanol–water partition coefficient (Wildman–Crippen LogP) is 4.47. The summed E-state index contributed by atoms with van der Waals surface area (Å²) in [4.78, 5) is 20.5. The van der Waals surface area contributed by atoms with Gasteiger partial charge in [-0.2, -0.15) is 0 Å². The van der Waals surface area contributed by atoms with E-state index in [1.54, 1.807) is 18.2 Å². The Labute approximate surface area is 149 Å². The second kappa shape index (κ2) is 6.77. The minimum absolute atomic E-state index is 0.288. The third-order valence-electron chi connectivity index (χ3n) is 3.88. The van der Waals surface area contributed by atoms with Gasteiger partial charge >= 0.3 is 0 Å². The number of rotatable bonds is 3. The number of anilines is 1. The molecule has 1 N–H and O–H groups in total. The van der Waals surface area contributed by atoms with Crippen LogP contribution in [0.4, 0.5) is 5.13 Å². The quantitative estimate of drug-likeness (QED) is 0.867. The minimum atomic E-state index is -0.288. The average Bonchev–Trinajstić information content (AvgIpc) is 2.90. The Morgan fingerprint density at radius 2 is 2.17 bits per heavy atom. The molecule has 7 heteroatoms. The summed E-state index contributed by atoms with van der Waals surface area (Å²) < 4.78 is 0. The van der Waals surface area contributed by atoms with E-state index in [4.69, 9.17) is 23.2 Å². The van der Waals surface area contributed by atoms with Gasteiger partial charge in [-0.05, 0) is 32.0 Å². The van der Waals surface area contributed by atoms with Crippen molar-refractivity contribution in [3.63, 3.8) is 0 Å². The van der Waals surface area contributed by atoms with Crippen molar-refractivity contribution in [2.24, 2.45) is 0 Å². The fraction of sp³-hybridized carbons (Fsp3) is 0.375. The summed E-state index contributed by atoms with van der Waals surface area (Å²) in [5.74, 6) is -0.288. The zero-order chi connectivity index (χ0) is 16.6. The van der Waals surface area contributed by atoms with E-state index in [1.165, 1.54) is 16.2 Å². The maximum Gasteiger partial charge on any atom is 0.259 e. The highest BCUT2D eigenvalue weighted by molar-refractivity contribution is 7.15. The van der Waals surface area contributed by atoms with E-state index in [2.05, 4.69) is 29.0 Å². The lowest BCUT2D eigenvalue weighted by Gasteiger charge is -2.29. The number of hydrogen-bond donors (Lipinski definition) is 1. The van der Waals surface area contributed by atoms with Crippen LogP contribution in [0.3, 0.4) is 0 Å². The fourth-order valence-corrected chi connectivity index (χ4v) is 3.95. The number of carbonyl (C=O) groups excluding carboxylic acids is 1. The van der Waals surface area contributed by atoms with Gasteiger partial charge in [0.05, 0.1) is 16.3 Å². The van der Waals surface area contributed by atoms with Gasteiger partial charge in [0.25, 0.3) is 5.91 Å². The highest BCUT2D eigenvalue weighted by atomic mass is 35.5. The van der Waals surface area contributed by atoms with Gasteiger partial charge in [-0.3, -0.25) is 15.0 Å². The molecule has 0 aliphatic carbocycles. The molecule has 122 valence electrons. The largest absolute Gasteiger partial charge is 0.298 e. The van der Waals surface area contributed by atoms with Crippen molar-refractivity contribution in [2.45, 2.75) is 32.9 Å². The van der Waals surface area contributed by atoms with Crippen molar-refractivity contribution in [3.05, 3.63) is 44.4 Å². The molecule has 0 saturated heterocycles. The summed E-state index contributed by atoms with van der Waals surface area (Å²) in [6.45, 7) is 6.27. The average molecular weight is 370 g/mol. The van der Waals surface area contributed by atoms with E-state index in [9.17, 15) is 4.79 Å². The van der Waals surface area contributed by atoms with E-state index < -0.39 is 0 Å². The maximum atomic E-state index is 12.4. The van der Waals surface area contributed by atoms with Crippen LogP contribution in [0.25, 0.3) is 0 Å². The van der Waals surface area contributed by atoms with Crippen LogP contribution < -0.4 is 5.32 Å². The van der Waals surface area contributed by atoms with E-state index >= 15 is 0 Å². The summed E-state index contributed by atoms with van der Waals surface area (Å²) >= 11 is 13.5. The Kier molecular flexibility index (Phi) is 4.92. The summed E-state index contributed by atoms with van der Waals surface area (Å²) in [6, 6.07) is 5.34. The third-order valence-corrected chi connectivity index (χ3v) is 5.45. The first-order valence-electron chi connectivity index (χ1n) is 7.43. The van der Waals surface area contributed by atoms with Gasteiger partial charge in [0.15, 0.2) is 5.13 Å². The van der Waals surface area contributed by atoms with Crippen molar-refractivity contribution < 1.29 is 4.79 Å². The molecule has 1 aromatic heterocycles. The molecule has 3 rings (SSSR count). The molecule has 1 aromatic carbocycles. The zero-order valence-corrected chi connectivity index (χ0v) is 15.2. The molecular weight excluding hydrogens is 353 g/mol. The fourth-order valence-electron chi connectivity index (χ4n) is 2.55. The van der Waals surface area contributed by atoms with Gasteiger partial charge < -0.3 is 0 Å². The molecule has 0 bridgehead atoms. The molecule has 1 aliphatic heterocycles. The van der Waals surface area contributed by atoms with Gasteiger partial charge in [0.1, 0.15) is 0 Å². The Morgan fingerprint density at radius 3 is 2.91 bits per heavy atom. The number of fused-ring (bicyclic) bond motifs is 1. The first kappa shape index (κ1) is 16.7. The van der Waals surface area contributed by atoms with E-state index in [0.717, 1.165) is 25.2 Å². The molecule has 2 aromatic rings. The molecule has 0 spiro atoms. The lowest BCUT2D eigenvalue weighted by Crippen LogP contribution is -2.35. The van der Waals surface area contributed by atoms with Crippen LogP contribution in [0.2, 0.25) is 10.0 Å². The lowest BCUT2D eigenvalue weighted by molar-refractivity contribution is 0.102. The number of halogens is 2. The summed E-state index contributed by atoms with van der Waals surface area (Å²) in [5.41, 5.74) is 1.44. The van der Waals surface area contributed by atoms with Gasteiger partial charge in [0.2, 0.25) is 0 Å². The number of nitrogens with one attached hydrogen (secondary N) is 1. The number of hydrogen-bond acceptors (Lipinski definition) is 4. The highest BCUT2D eigenvalue weighted by Crippen LogP contribution is 2.30. The number of thiazole rings is 1. The normalized spacial score (nSPS) is 14.8. The van der Waals surface area contributed by atoms with Crippen LogP contribution in [0, 0.1) is 0 Å². The standard InChI is InChI=1S/C16H17Cl2N3OS/c1-9(2)21-6-5-13-14(8-21)23-16(19-13)20-15(22)11-7-10(17)3-4-12(11)18/h3-4,7,9H,5-6,8H2,1-2H3,(H,19,20,22). The van der Waals surface area contributed by atoms with E-state index in [1.807, 2.05) is 0 Å². The smallest absolute Gasteiger partial charge is 0.259 e. The number of benzene rings is 1. The van der Waals surface area contributed by atoms with Gasteiger partial charge in [-0.15, -0.1) is 11.3 Å². The van der Waals surface area contributed by atoms with Crippen molar-refractivity contribution in [2.75, 3.05) is 11.9 Å². The van der Waals surface area contributed by atoms with E-state index in [-0.39, 0.29) is 5.91 Å². The summed E-state index contributed by atoms with van der Waals surface area (Å²) in [7, 11) is 0. The lowest BCUT2D eigenvalue weighted by atomic mass is 10.1. The number of carbonyl (C=O) groups is 1. The molecule has 0 atom stereocenters. The molecule has 2 heterocycles. The molecule has 0 unspecified atom stereocenters. The van der Waals surface area contributed by atoms with E-state index in [0.29, 0.717) is 26.8 Å². The highest BCUT2D eigenvalue weighted by Gasteiger charge is 2.23. The molecule has 23 heavy (non-hydrogen) atoms. The Morgan fingerprint density at radius 1 is 1.39 bits per heavy atom. The van der Waals surface area contributed by atoms with Crippen molar-refractivity contribution >= 4 is 45.6 Å². The molecule has 1 amide bonds. The number of amides is 1.